The molecule has 2 aliphatic heterocycles. The van der Waals surface area contributed by atoms with Crippen molar-refractivity contribution < 1.29 is 17.9 Å². The summed E-state index contributed by atoms with van der Waals surface area (Å²) in [5.41, 5.74) is 1.79. The zero-order chi connectivity index (χ0) is 17.7. The quantitative estimate of drug-likeness (QED) is 0.788. The molecule has 1 amide bonds. The van der Waals surface area contributed by atoms with Gasteiger partial charge in [0.15, 0.2) is 9.84 Å². The minimum Gasteiger partial charge on any atom is -0.375 e. The lowest BCUT2D eigenvalue weighted by Gasteiger charge is -2.50. The van der Waals surface area contributed by atoms with Crippen LogP contribution in [-0.4, -0.2) is 54.4 Å². The van der Waals surface area contributed by atoms with Crippen LogP contribution in [0, 0.1) is 18.8 Å². The van der Waals surface area contributed by atoms with Crippen LogP contribution in [0.3, 0.4) is 0 Å². The minimum absolute atomic E-state index is 0.0365. The van der Waals surface area contributed by atoms with E-state index < -0.39 is 14.6 Å². The van der Waals surface area contributed by atoms with E-state index in [1.54, 1.807) is 4.90 Å². The first-order valence-electron chi connectivity index (χ1n) is 8.93. The Kier molecular flexibility index (Phi) is 4.11. The molecule has 136 valence electrons. The largest absolute Gasteiger partial charge is 0.375 e. The van der Waals surface area contributed by atoms with Gasteiger partial charge in [0, 0.05) is 30.6 Å². The maximum atomic E-state index is 12.6. The number of aryl methyl sites for hydroxylation is 1. The predicted octanol–water partition coefficient (Wildman–Crippen LogP) is 1.33. The zero-order valence-corrected chi connectivity index (χ0v) is 15.3. The summed E-state index contributed by atoms with van der Waals surface area (Å²) in [6.07, 6.45) is 2.52. The average Bonchev–Trinajstić information content (AvgIpc) is 3.31. The normalized spacial score (nSPS) is 26.6. The van der Waals surface area contributed by atoms with Gasteiger partial charge >= 0.3 is 0 Å². The van der Waals surface area contributed by atoms with Gasteiger partial charge in [0.2, 0.25) is 5.91 Å². The summed E-state index contributed by atoms with van der Waals surface area (Å²) in [7, 11) is -3.16. The lowest BCUT2D eigenvalue weighted by Crippen LogP contribution is -2.69. The standard InChI is InChI=1S/C18H24N2O4S/c1-13-3-2-4-16(19-13)10-24-9-15-7-8-25(22,23)18(15)11-20(12-18)17(21)14-5-6-14/h2-4,14-15H,5-12H2,1H3. The number of aromatic nitrogens is 1. The van der Waals surface area contributed by atoms with Crippen LogP contribution in [0.1, 0.15) is 30.7 Å². The molecule has 1 unspecified atom stereocenters. The van der Waals surface area contributed by atoms with E-state index in [-0.39, 0.29) is 23.5 Å². The predicted molar refractivity (Wildman–Crippen MR) is 92.6 cm³/mol. The van der Waals surface area contributed by atoms with Gasteiger partial charge in [-0.3, -0.25) is 9.78 Å². The summed E-state index contributed by atoms with van der Waals surface area (Å²) in [5, 5.41) is 0. The number of ether oxygens (including phenoxy) is 1. The smallest absolute Gasteiger partial charge is 0.225 e. The van der Waals surface area contributed by atoms with E-state index in [9.17, 15) is 13.2 Å². The number of carbonyl (C=O) groups excluding carboxylic acids is 1. The van der Waals surface area contributed by atoms with Crippen LogP contribution in [0.5, 0.6) is 0 Å². The molecule has 0 aromatic carbocycles. The molecule has 3 fully saturated rings. The summed E-state index contributed by atoms with van der Waals surface area (Å²) < 4.78 is 30.2. The molecule has 25 heavy (non-hydrogen) atoms. The van der Waals surface area contributed by atoms with Crippen molar-refractivity contribution in [1.82, 2.24) is 9.88 Å². The first kappa shape index (κ1) is 17.0. The molecule has 4 rings (SSSR count). The molecule has 3 heterocycles. The first-order valence-corrected chi connectivity index (χ1v) is 10.6. The third kappa shape index (κ3) is 2.97. The van der Waals surface area contributed by atoms with Crippen LogP contribution in [0.4, 0.5) is 0 Å². The number of hydrogen-bond donors (Lipinski definition) is 0. The molecule has 1 spiro atoms. The van der Waals surface area contributed by atoms with E-state index in [4.69, 9.17) is 4.74 Å². The van der Waals surface area contributed by atoms with Crippen molar-refractivity contribution in [2.45, 2.75) is 37.5 Å². The fourth-order valence-electron chi connectivity index (χ4n) is 4.04. The molecule has 1 aromatic rings. The summed E-state index contributed by atoms with van der Waals surface area (Å²) in [5.74, 6) is 0.445. The van der Waals surface area contributed by atoms with Crippen LogP contribution in [0.25, 0.3) is 0 Å². The van der Waals surface area contributed by atoms with Gasteiger partial charge in [-0.15, -0.1) is 0 Å². The highest BCUT2D eigenvalue weighted by Gasteiger charge is 2.63. The highest BCUT2D eigenvalue weighted by atomic mass is 32.2. The Labute approximate surface area is 148 Å². The Morgan fingerprint density at radius 3 is 2.76 bits per heavy atom. The zero-order valence-electron chi connectivity index (χ0n) is 14.5. The Hall–Kier alpha value is -1.47. The number of pyridine rings is 1. The molecular weight excluding hydrogens is 340 g/mol. The number of nitrogens with zero attached hydrogens (tertiary/aromatic N) is 2. The van der Waals surface area contributed by atoms with Crippen molar-refractivity contribution in [1.29, 1.82) is 0 Å². The Bertz CT molecular complexity index is 782. The fraction of sp³-hybridized carbons (Fsp3) is 0.667. The summed E-state index contributed by atoms with van der Waals surface area (Å²) in [4.78, 5) is 18.3. The van der Waals surface area contributed by atoms with E-state index in [0.29, 0.717) is 32.7 Å². The molecule has 7 heteroatoms. The molecule has 0 bridgehead atoms. The third-order valence-electron chi connectivity index (χ3n) is 5.77. The number of hydrogen-bond acceptors (Lipinski definition) is 5. The van der Waals surface area contributed by atoms with Gasteiger partial charge < -0.3 is 9.64 Å². The van der Waals surface area contributed by atoms with Crippen molar-refractivity contribution in [2.75, 3.05) is 25.4 Å². The van der Waals surface area contributed by atoms with Crippen LogP contribution in [0.15, 0.2) is 18.2 Å². The van der Waals surface area contributed by atoms with Crippen LogP contribution in [0.2, 0.25) is 0 Å². The number of likely N-dealkylation sites (tertiary alicyclic amines) is 1. The van der Waals surface area contributed by atoms with E-state index >= 15 is 0 Å². The highest BCUT2D eigenvalue weighted by Crippen LogP contribution is 2.46. The lowest BCUT2D eigenvalue weighted by molar-refractivity contribution is -0.139. The molecular formula is C18H24N2O4S. The molecule has 6 nitrogen and oxygen atoms in total. The van der Waals surface area contributed by atoms with Crippen molar-refractivity contribution in [3.63, 3.8) is 0 Å². The maximum Gasteiger partial charge on any atom is 0.225 e. The second-order valence-corrected chi connectivity index (χ2v) is 10.1. The van der Waals surface area contributed by atoms with E-state index in [2.05, 4.69) is 4.98 Å². The molecule has 3 aliphatic rings. The highest BCUT2D eigenvalue weighted by molar-refractivity contribution is 7.93. The van der Waals surface area contributed by atoms with Crippen molar-refractivity contribution in [3.05, 3.63) is 29.6 Å². The molecule has 1 aliphatic carbocycles. The van der Waals surface area contributed by atoms with E-state index in [1.165, 1.54) is 0 Å². The number of carbonyl (C=O) groups is 1. The first-order chi connectivity index (χ1) is 11.9. The Morgan fingerprint density at radius 2 is 2.08 bits per heavy atom. The number of rotatable bonds is 5. The average molecular weight is 364 g/mol. The molecule has 0 N–H and O–H groups in total. The van der Waals surface area contributed by atoms with Gasteiger partial charge in [0.1, 0.15) is 4.75 Å². The summed E-state index contributed by atoms with van der Waals surface area (Å²) in [6, 6.07) is 5.78. The van der Waals surface area contributed by atoms with E-state index in [1.807, 2.05) is 25.1 Å². The van der Waals surface area contributed by atoms with Gasteiger partial charge in [-0.25, -0.2) is 8.42 Å². The monoisotopic (exact) mass is 364 g/mol. The van der Waals surface area contributed by atoms with Crippen molar-refractivity contribution >= 4 is 15.7 Å². The van der Waals surface area contributed by atoms with E-state index in [0.717, 1.165) is 24.2 Å². The van der Waals surface area contributed by atoms with Gasteiger partial charge in [-0.1, -0.05) is 6.07 Å². The molecule has 0 radical (unpaired) electrons. The molecule has 1 atom stereocenters. The van der Waals surface area contributed by atoms with Crippen LogP contribution >= 0.6 is 0 Å². The third-order valence-corrected chi connectivity index (χ3v) is 8.37. The SMILES string of the molecule is Cc1cccc(COCC2CCS(=O)(=O)C23CN(C(=O)C2CC2)C3)n1. The number of amides is 1. The fourth-order valence-corrected chi connectivity index (χ4v) is 6.44. The molecule has 1 aromatic heterocycles. The summed E-state index contributed by atoms with van der Waals surface area (Å²) in [6.45, 7) is 3.42. The topological polar surface area (TPSA) is 76.6 Å². The van der Waals surface area contributed by atoms with Gasteiger partial charge in [-0.05, 0) is 38.3 Å². The second kappa shape index (κ2) is 6.06. The summed E-state index contributed by atoms with van der Waals surface area (Å²) >= 11 is 0. The van der Waals surface area contributed by atoms with Crippen molar-refractivity contribution in [2.24, 2.45) is 11.8 Å². The molecule has 1 saturated carbocycles. The molecule has 2 saturated heterocycles. The minimum atomic E-state index is -3.16. The number of sulfone groups is 1. The second-order valence-electron chi connectivity index (χ2n) is 7.62. The van der Waals surface area contributed by atoms with Gasteiger partial charge in [0.05, 0.1) is 24.7 Å². The van der Waals surface area contributed by atoms with Crippen LogP contribution < -0.4 is 0 Å². The van der Waals surface area contributed by atoms with Gasteiger partial charge in [-0.2, -0.15) is 0 Å². The van der Waals surface area contributed by atoms with Crippen molar-refractivity contribution in [3.8, 4) is 0 Å². The van der Waals surface area contributed by atoms with Crippen LogP contribution in [-0.2, 0) is 26.0 Å². The van der Waals surface area contributed by atoms with Gasteiger partial charge in [0.25, 0.3) is 0 Å². The maximum absolute atomic E-state index is 12.6. The Morgan fingerprint density at radius 1 is 1.32 bits per heavy atom. The lowest BCUT2D eigenvalue weighted by atomic mass is 9.83. The Balaban J connectivity index is 1.38.